The third-order valence-corrected chi connectivity index (χ3v) is 2.23. The molecule has 0 bridgehead atoms. The number of alkyl halides is 1. The van der Waals surface area contributed by atoms with Gasteiger partial charge in [-0.25, -0.2) is 0 Å². The lowest BCUT2D eigenvalue weighted by Crippen LogP contribution is -2.00. The fraction of sp³-hybridized carbons (Fsp3) is 0.545. The lowest BCUT2D eigenvalue weighted by Gasteiger charge is -2.05. The summed E-state index contributed by atoms with van der Waals surface area (Å²) in [6.07, 6.45) is 2.10. The molecule has 0 saturated carbocycles. The van der Waals surface area contributed by atoms with E-state index in [1.54, 1.807) is 0 Å². The summed E-state index contributed by atoms with van der Waals surface area (Å²) in [6, 6.07) is 6.30. The van der Waals surface area contributed by atoms with E-state index >= 15 is 0 Å². The molecule has 13 heavy (non-hydrogen) atoms. The zero-order chi connectivity index (χ0) is 9.68. The van der Waals surface area contributed by atoms with Crippen molar-refractivity contribution in [3.05, 3.63) is 29.6 Å². The first-order valence-electron chi connectivity index (χ1n) is 4.73. The smallest absolute Gasteiger partial charge is 0.0415 e. The minimum Gasteiger partial charge on any atom is -0.258 e. The molecule has 0 spiro atoms. The van der Waals surface area contributed by atoms with Crippen molar-refractivity contribution in [2.45, 2.75) is 26.7 Å². The Morgan fingerprint density at radius 2 is 2.00 bits per heavy atom. The zero-order valence-corrected chi connectivity index (χ0v) is 9.84. The molecule has 0 saturated heterocycles. The van der Waals surface area contributed by atoms with Crippen LogP contribution in [0.3, 0.4) is 0 Å². The lowest BCUT2D eigenvalue weighted by atomic mass is 10.1. The van der Waals surface area contributed by atoms with E-state index in [0.29, 0.717) is 5.92 Å². The highest BCUT2D eigenvalue weighted by atomic mass is 79.9. The van der Waals surface area contributed by atoms with Crippen LogP contribution in [0, 0.1) is 5.92 Å². The largest absolute Gasteiger partial charge is 0.258 e. The molecule has 0 aromatic carbocycles. The second-order valence-electron chi connectivity index (χ2n) is 3.66. The van der Waals surface area contributed by atoms with E-state index in [-0.39, 0.29) is 0 Å². The Bertz CT molecular complexity index is 258. The molecule has 0 aliphatic heterocycles. The fourth-order valence-corrected chi connectivity index (χ4v) is 1.70. The van der Waals surface area contributed by atoms with Gasteiger partial charge < -0.3 is 0 Å². The summed E-state index contributed by atoms with van der Waals surface area (Å²) in [7, 11) is 0. The van der Waals surface area contributed by atoms with E-state index in [0.717, 1.165) is 18.2 Å². The number of rotatable bonds is 4. The van der Waals surface area contributed by atoms with Gasteiger partial charge in [0.05, 0.1) is 0 Å². The molecule has 72 valence electrons. The van der Waals surface area contributed by atoms with Gasteiger partial charge in [0.1, 0.15) is 0 Å². The van der Waals surface area contributed by atoms with Crippen LogP contribution in [0.25, 0.3) is 0 Å². The molecule has 0 aliphatic carbocycles. The van der Waals surface area contributed by atoms with Crippen molar-refractivity contribution in [1.82, 2.24) is 4.98 Å². The van der Waals surface area contributed by atoms with Crippen molar-refractivity contribution in [1.29, 1.82) is 0 Å². The maximum absolute atomic E-state index is 4.57. The van der Waals surface area contributed by atoms with Crippen molar-refractivity contribution < 1.29 is 0 Å². The number of aryl methyl sites for hydroxylation is 1. The molecular formula is C11H16BrN. The summed E-state index contributed by atoms with van der Waals surface area (Å²) in [5.74, 6) is 0.687. The zero-order valence-electron chi connectivity index (χ0n) is 8.26. The van der Waals surface area contributed by atoms with E-state index in [4.69, 9.17) is 0 Å². The number of hydrogen-bond acceptors (Lipinski definition) is 1. The topological polar surface area (TPSA) is 12.9 Å². The average molecular weight is 242 g/mol. The number of hydrogen-bond donors (Lipinski definition) is 0. The van der Waals surface area contributed by atoms with E-state index in [9.17, 15) is 0 Å². The third-order valence-electron chi connectivity index (χ3n) is 1.83. The van der Waals surface area contributed by atoms with Gasteiger partial charge in [-0.3, -0.25) is 4.98 Å². The van der Waals surface area contributed by atoms with Gasteiger partial charge in [0.25, 0.3) is 0 Å². The van der Waals surface area contributed by atoms with Crippen LogP contribution in [0.1, 0.15) is 25.2 Å². The molecule has 1 aromatic heterocycles. The summed E-state index contributed by atoms with van der Waals surface area (Å²) < 4.78 is 0. The predicted molar refractivity (Wildman–Crippen MR) is 60.3 cm³/mol. The van der Waals surface area contributed by atoms with Gasteiger partial charge in [-0.15, -0.1) is 0 Å². The van der Waals surface area contributed by atoms with E-state index in [1.807, 2.05) is 0 Å². The quantitative estimate of drug-likeness (QED) is 0.739. The first-order valence-corrected chi connectivity index (χ1v) is 5.85. The highest BCUT2D eigenvalue weighted by Gasteiger charge is 2.00. The van der Waals surface area contributed by atoms with Crippen molar-refractivity contribution in [3.63, 3.8) is 0 Å². The number of halogens is 1. The maximum Gasteiger partial charge on any atom is 0.0415 e. The van der Waals surface area contributed by atoms with Gasteiger partial charge in [0.15, 0.2) is 0 Å². The molecule has 0 unspecified atom stereocenters. The number of pyridine rings is 1. The molecule has 0 N–H and O–H groups in total. The van der Waals surface area contributed by atoms with E-state index in [1.165, 1.54) is 11.4 Å². The Balaban J connectivity index is 2.67. The number of aromatic nitrogens is 1. The Hall–Kier alpha value is -0.370. The average Bonchev–Trinajstić information content (AvgIpc) is 2.04. The summed E-state index contributed by atoms with van der Waals surface area (Å²) in [5.41, 5.74) is 2.41. The van der Waals surface area contributed by atoms with E-state index < -0.39 is 0 Å². The highest BCUT2D eigenvalue weighted by Crippen LogP contribution is 2.07. The lowest BCUT2D eigenvalue weighted by molar-refractivity contribution is 0.633. The van der Waals surface area contributed by atoms with Crippen LogP contribution in [-0.2, 0) is 12.8 Å². The Labute approximate surface area is 88.7 Å². The maximum atomic E-state index is 4.57. The fourth-order valence-electron chi connectivity index (χ4n) is 1.30. The Morgan fingerprint density at radius 1 is 1.31 bits per heavy atom. The molecule has 2 heteroatoms. The number of nitrogens with zero attached hydrogens (tertiary/aromatic N) is 1. The van der Waals surface area contributed by atoms with Crippen LogP contribution in [-0.4, -0.2) is 10.3 Å². The van der Waals surface area contributed by atoms with Crippen LogP contribution >= 0.6 is 15.9 Å². The molecule has 1 nitrogen and oxygen atoms in total. The van der Waals surface area contributed by atoms with Gasteiger partial charge in [-0.05, 0) is 30.9 Å². The molecular weight excluding hydrogens is 226 g/mol. The standard InChI is InChI=1S/C11H16BrN/c1-9(2)8-11-5-3-4-10(13-11)6-7-12/h3-5,9H,6-8H2,1-2H3. The molecule has 0 radical (unpaired) electrons. The molecule has 0 atom stereocenters. The second-order valence-corrected chi connectivity index (χ2v) is 4.45. The van der Waals surface area contributed by atoms with Gasteiger partial charge in [-0.2, -0.15) is 0 Å². The molecule has 0 aliphatic rings. The van der Waals surface area contributed by atoms with Crippen molar-refractivity contribution in [3.8, 4) is 0 Å². The Kier molecular flexibility index (Phi) is 4.43. The summed E-state index contributed by atoms with van der Waals surface area (Å²) in [4.78, 5) is 4.57. The normalized spacial score (nSPS) is 10.8. The van der Waals surface area contributed by atoms with Gasteiger partial charge >= 0.3 is 0 Å². The highest BCUT2D eigenvalue weighted by molar-refractivity contribution is 9.09. The van der Waals surface area contributed by atoms with Gasteiger partial charge in [-0.1, -0.05) is 35.8 Å². The third kappa shape index (κ3) is 3.90. The van der Waals surface area contributed by atoms with Crippen molar-refractivity contribution >= 4 is 15.9 Å². The van der Waals surface area contributed by atoms with Crippen molar-refractivity contribution in [2.75, 3.05) is 5.33 Å². The minimum absolute atomic E-state index is 0.687. The SMILES string of the molecule is CC(C)Cc1cccc(CCBr)n1. The molecule has 1 rings (SSSR count). The first kappa shape index (κ1) is 10.7. The summed E-state index contributed by atoms with van der Waals surface area (Å²) in [5, 5.41) is 0.991. The monoisotopic (exact) mass is 241 g/mol. The van der Waals surface area contributed by atoms with Crippen LogP contribution < -0.4 is 0 Å². The Morgan fingerprint density at radius 3 is 2.62 bits per heavy atom. The summed E-state index contributed by atoms with van der Waals surface area (Å²) >= 11 is 3.42. The van der Waals surface area contributed by atoms with Crippen LogP contribution in [0.15, 0.2) is 18.2 Å². The minimum atomic E-state index is 0.687. The molecule has 1 aromatic rings. The predicted octanol–water partition coefficient (Wildman–Crippen LogP) is 3.22. The molecule has 1 heterocycles. The van der Waals surface area contributed by atoms with Crippen LogP contribution in [0.4, 0.5) is 0 Å². The van der Waals surface area contributed by atoms with Crippen LogP contribution in [0.5, 0.6) is 0 Å². The van der Waals surface area contributed by atoms with E-state index in [2.05, 4.69) is 53.0 Å². The van der Waals surface area contributed by atoms with Gasteiger partial charge in [0.2, 0.25) is 0 Å². The second kappa shape index (κ2) is 5.38. The van der Waals surface area contributed by atoms with Crippen molar-refractivity contribution in [2.24, 2.45) is 5.92 Å². The van der Waals surface area contributed by atoms with Crippen LogP contribution in [0.2, 0.25) is 0 Å². The van der Waals surface area contributed by atoms with Gasteiger partial charge in [0, 0.05) is 16.7 Å². The molecule has 0 fully saturated rings. The molecule has 0 amide bonds. The first-order chi connectivity index (χ1) is 6.22. The summed E-state index contributed by atoms with van der Waals surface area (Å²) in [6.45, 7) is 4.44.